The third-order valence-corrected chi connectivity index (χ3v) is 7.09. The maximum Gasteiger partial charge on any atom is 0.293 e. The van der Waals surface area contributed by atoms with E-state index in [1.54, 1.807) is 0 Å². The predicted octanol–water partition coefficient (Wildman–Crippen LogP) is 1.57. The van der Waals surface area contributed by atoms with E-state index in [0.29, 0.717) is 69.7 Å². The number of nitro groups is 1. The number of aromatic nitrogens is 4. The maximum atomic E-state index is 12.5. The molecule has 204 valence electrons. The monoisotopic (exact) mass is 553 g/mol. The fourth-order valence-corrected chi connectivity index (χ4v) is 4.97. The fraction of sp³-hybridized carbons (Fsp3) is 0.375. The van der Waals surface area contributed by atoms with Crippen molar-refractivity contribution in [2.24, 2.45) is 5.10 Å². The van der Waals surface area contributed by atoms with E-state index in [9.17, 15) is 14.9 Å². The lowest BCUT2D eigenvalue weighted by Crippen LogP contribution is -2.38. The van der Waals surface area contributed by atoms with Crippen molar-refractivity contribution in [1.29, 1.82) is 0 Å². The van der Waals surface area contributed by atoms with Gasteiger partial charge in [-0.1, -0.05) is 30.3 Å². The smallest absolute Gasteiger partial charge is 0.293 e. The molecule has 2 aliphatic rings. The number of hydrogen-bond acceptors (Lipinski definition) is 12. The summed E-state index contributed by atoms with van der Waals surface area (Å²) in [5.74, 6) is 0.159. The average molecular weight is 554 g/mol. The van der Waals surface area contributed by atoms with Crippen LogP contribution in [0.25, 0.3) is 11.4 Å². The number of benzene rings is 2. The Bertz CT molecular complexity index is 1320. The minimum atomic E-state index is -0.392. The quantitative estimate of drug-likeness (QED) is 0.233. The van der Waals surface area contributed by atoms with Crippen molar-refractivity contribution in [3.63, 3.8) is 0 Å². The Hall–Kier alpha value is -4.08. The molecule has 2 saturated heterocycles. The number of anilines is 2. The van der Waals surface area contributed by atoms with Gasteiger partial charge in [-0.05, 0) is 28.4 Å². The van der Waals surface area contributed by atoms with Gasteiger partial charge in [0.15, 0.2) is 5.82 Å². The average Bonchev–Trinajstić information content (AvgIpc) is 3.46. The van der Waals surface area contributed by atoms with Gasteiger partial charge in [0.2, 0.25) is 0 Å². The van der Waals surface area contributed by atoms with Crippen LogP contribution in [0, 0.1) is 10.1 Å². The van der Waals surface area contributed by atoms with Crippen molar-refractivity contribution in [2.45, 2.75) is 0 Å². The molecule has 1 amide bonds. The minimum absolute atomic E-state index is 0.00858. The molecule has 1 aromatic heterocycles. The molecule has 0 radical (unpaired) electrons. The largest absolute Gasteiger partial charge is 0.378 e. The third kappa shape index (κ3) is 6.50. The molecule has 0 aliphatic carbocycles. The van der Waals surface area contributed by atoms with E-state index in [-0.39, 0.29) is 17.3 Å². The van der Waals surface area contributed by atoms with E-state index in [0.717, 1.165) is 23.2 Å². The molecule has 0 bridgehead atoms. The Morgan fingerprint density at radius 3 is 2.38 bits per heavy atom. The second-order valence-corrected chi connectivity index (χ2v) is 9.56. The summed E-state index contributed by atoms with van der Waals surface area (Å²) >= 11 is 1.12. The Balaban J connectivity index is 1.31. The summed E-state index contributed by atoms with van der Waals surface area (Å²) in [6.07, 6.45) is 1.44. The Labute approximate surface area is 228 Å². The number of carbonyl (C=O) groups is 1. The van der Waals surface area contributed by atoms with E-state index >= 15 is 0 Å². The highest BCUT2D eigenvalue weighted by molar-refractivity contribution is 7.98. The highest BCUT2D eigenvalue weighted by atomic mass is 32.2. The van der Waals surface area contributed by atoms with Gasteiger partial charge >= 0.3 is 0 Å². The van der Waals surface area contributed by atoms with E-state index in [1.165, 1.54) is 16.4 Å². The number of morpholine rings is 2. The highest BCUT2D eigenvalue weighted by Gasteiger charge is 2.26. The van der Waals surface area contributed by atoms with Crippen LogP contribution in [-0.4, -0.2) is 95.0 Å². The van der Waals surface area contributed by atoms with Crippen molar-refractivity contribution in [3.05, 3.63) is 58.1 Å². The first-order chi connectivity index (χ1) is 19.1. The highest BCUT2D eigenvalue weighted by Crippen LogP contribution is 2.36. The van der Waals surface area contributed by atoms with E-state index in [1.807, 2.05) is 41.3 Å². The van der Waals surface area contributed by atoms with Crippen LogP contribution in [0.5, 0.6) is 0 Å². The first-order valence-electron chi connectivity index (χ1n) is 12.4. The van der Waals surface area contributed by atoms with Crippen LogP contribution in [0.1, 0.15) is 5.56 Å². The SMILES string of the molecule is O=C(CSn1nnnc1-c1ccccc1)N/N=C\c1cc([N+](=O)[O-])c(N2CCOCC2)cc1N1CCOCC1. The van der Waals surface area contributed by atoms with Crippen LogP contribution < -0.4 is 15.2 Å². The van der Waals surface area contributed by atoms with Gasteiger partial charge in [0.05, 0.1) is 43.3 Å². The number of nitrogens with one attached hydrogen (secondary N) is 1. The molecule has 0 atom stereocenters. The van der Waals surface area contributed by atoms with Gasteiger partial charge in [-0.3, -0.25) is 14.9 Å². The molecule has 3 heterocycles. The summed E-state index contributed by atoms with van der Waals surface area (Å²) < 4.78 is 12.4. The van der Waals surface area contributed by atoms with Crippen molar-refractivity contribution >= 4 is 41.1 Å². The number of amides is 1. The van der Waals surface area contributed by atoms with Crippen molar-refractivity contribution in [2.75, 3.05) is 68.2 Å². The van der Waals surface area contributed by atoms with Crippen LogP contribution >= 0.6 is 11.9 Å². The second-order valence-electron chi connectivity index (χ2n) is 8.66. The fourth-order valence-electron chi connectivity index (χ4n) is 4.31. The summed E-state index contributed by atoms with van der Waals surface area (Å²) in [5.41, 5.74) is 5.16. The van der Waals surface area contributed by atoms with Crippen LogP contribution in [0.15, 0.2) is 47.6 Å². The van der Waals surface area contributed by atoms with Gasteiger partial charge in [0.25, 0.3) is 11.6 Å². The zero-order chi connectivity index (χ0) is 27.0. The number of tetrazole rings is 1. The summed E-state index contributed by atoms with van der Waals surface area (Å²) in [4.78, 5) is 28.2. The molecule has 2 aromatic carbocycles. The standard InChI is InChI=1S/C24H27N9O5S/c34-23(17-39-32-24(27-28-29-32)18-4-2-1-3-5-18)26-25-16-19-14-22(33(35)36)21(31-8-12-38-13-9-31)15-20(19)30-6-10-37-11-7-30/h1-5,14-16H,6-13,17H2,(H,26,34)/b25-16-. The van der Waals surface area contributed by atoms with Gasteiger partial charge in [-0.25, -0.2) is 5.43 Å². The van der Waals surface area contributed by atoms with Gasteiger partial charge < -0.3 is 19.3 Å². The molecule has 2 aliphatic heterocycles. The molecular weight excluding hydrogens is 526 g/mol. The van der Waals surface area contributed by atoms with E-state index < -0.39 is 4.92 Å². The molecule has 0 spiro atoms. The second kappa shape index (κ2) is 12.6. The summed E-state index contributed by atoms with van der Waals surface area (Å²) in [7, 11) is 0. The molecule has 0 saturated carbocycles. The Kier molecular flexibility index (Phi) is 8.60. The predicted molar refractivity (Wildman–Crippen MR) is 146 cm³/mol. The molecule has 0 unspecified atom stereocenters. The van der Waals surface area contributed by atoms with Crippen LogP contribution in [0.2, 0.25) is 0 Å². The molecule has 14 nitrogen and oxygen atoms in total. The van der Waals surface area contributed by atoms with Crippen LogP contribution in [0.4, 0.5) is 17.1 Å². The number of hydrogen-bond donors (Lipinski definition) is 1. The maximum absolute atomic E-state index is 12.5. The number of carbonyl (C=O) groups excluding carboxylic acids is 1. The van der Waals surface area contributed by atoms with Crippen LogP contribution in [-0.2, 0) is 14.3 Å². The molecule has 2 fully saturated rings. The molecular formula is C24H27N9O5S. The lowest BCUT2D eigenvalue weighted by atomic mass is 10.1. The first-order valence-corrected chi connectivity index (χ1v) is 13.3. The lowest BCUT2D eigenvalue weighted by Gasteiger charge is -2.33. The zero-order valence-electron chi connectivity index (χ0n) is 21.0. The number of hydrazone groups is 1. The molecule has 39 heavy (non-hydrogen) atoms. The Morgan fingerprint density at radius 1 is 1.05 bits per heavy atom. The van der Waals surface area contributed by atoms with Gasteiger partial charge in [-0.2, -0.15) is 9.19 Å². The lowest BCUT2D eigenvalue weighted by molar-refractivity contribution is -0.384. The minimum Gasteiger partial charge on any atom is -0.378 e. The third-order valence-electron chi connectivity index (χ3n) is 6.21. The molecule has 5 rings (SSSR count). The molecule has 15 heteroatoms. The zero-order valence-corrected chi connectivity index (χ0v) is 21.8. The van der Waals surface area contributed by atoms with Gasteiger partial charge in [0, 0.05) is 49.1 Å². The number of nitrogens with zero attached hydrogens (tertiary/aromatic N) is 8. The van der Waals surface area contributed by atoms with Crippen molar-refractivity contribution in [3.8, 4) is 11.4 Å². The number of ether oxygens (including phenoxy) is 2. The summed E-state index contributed by atoms with van der Waals surface area (Å²) in [6, 6.07) is 12.7. The normalized spacial score (nSPS) is 16.0. The van der Waals surface area contributed by atoms with E-state index in [4.69, 9.17) is 9.47 Å². The van der Waals surface area contributed by atoms with Crippen molar-refractivity contribution < 1.29 is 19.2 Å². The van der Waals surface area contributed by atoms with E-state index in [2.05, 4.69) is 31.0 Å². The number of rotatable bonds is 9. The first kappa shape index (κ1) is 26.5. The summed E-state index contributed by atoms with van der Waals surface area (Å²) in [6.45, 7) is 4.53. The van der Waals surface area contributed by atoms with Gasteiger partial charge in [-0.15, -0.1) is 5.10 Å². The topological polar surface area (TPSA) is 153 Å². The summed E-state index contributed by atoms with van der Waals surface area (Å²) in [5, 5.41) is 27.8. The van der Waals surface area contributed by atoms with Crippen LogP contribution in [0.3, 0.4) is 0 Å². The van der Waals surface area contributed by atoms with Crippen molar-refractivity contribution in [1.82, 2.24) is 25.0 Å². The Morgan fingerprint density at radius 2 is 1.72 bits per heavy atom. The van der Waals surface area contributed by atoms with Gasteiger partial charge in [0.1, 0.15) is 5.69 Å². The molecule has 1 N–H and O–H groups in total. The number of nitro benzene ring substituents is 1. The molecule has 3 aromatic rings.